The molecule has 0 aliphatic carbocycles. The topological polar surface area (TPSA) is 74.3 Å². The summed E-state index contributed by atoms with van der Waals surface area (Å²) in [6.07, 6.45) is 0.814. The van der Waals surface area contributed by atoms with Gasteiger partial charge in [-0.1, -0.05) is 49.4 Å². The first kappa shape index (κ1) is 24.1. The first-order valence-corrected chi connectivity index (χ1v) is 10.3. The molecule has 162 valence electrons. The summed E-state index contributed by atoms with van der Waals surface area (Å²) in [6.45, 7) is 7.88. The number of fused-ring (bicyclic) bond motifs is 1. The first-order valence-electron chi connectivity index (χ1n) is 10.3. The molecule has 0 saturated heterocycles. The van der Waals surface area contributed by atoms with Crippen molar-refractivity contribution in [2.75, 3.05) is 26.2 Å². The van der Waals surface area contributed by atoms with Gasteiger partial charge in [-0.25, -0.2) is 4.98 Å². The van der Waals surface area contributed by atoms with Crippen molar-refractivity contribution in [2.45, 2.75) is 26.9 Å². The Bertz CT molecular complexity index is 864. The van der Waals surface area contributed by atoms with E-state index in [1.54, 1.807) is 0 Å². The van der Waals surface area contributed by atoms with Crippen LogP contribution in [0.3, 0.4) is 0 Å². The second-order valence-electron chi connectivity index (χ2n) is 7.20. The zero-order valence-corrected chi connectivity index (χ0v) is 20.1. The molecule has 30 heavy (non-hydrogen) atoms. The number of benzene rings is 2. The molecule has 1 atom stereocenters. The van der Waals surface area contributed by atoms with Crippen LogP contribution in [-0.2, 0) is 17.8 Å². The van der Waals surface area contributed by atoms with Gasteiger partial charge in [0.15, 0.2) is 5.96 Å². The zero-order chi connectivity index (χ0) is 20.3. The van der Waals surface area contributed by atoms with Crippen molar-refractivity contribution in [2.24, 2.45) is 10.9 Å². The number of nitrogens with zero attached hydrogens (tertiary/aromatic N) is 2. The number of guanidine groups is 1. The fraction of sp³-hybridized carbons (Fsp3) is 0.391. The molecule has 0 aliphatic heterocycles. The summed E-state index contributed by atoms with van der Waals surface area (Å²) in [7, 11) is 0. The summed E-state index contributed by atoms with van der Waals surface area (Å²) in [5.74, 6) is 2.17. The number of nitrogens with one attached hydrogen (secondary N) is 3. The fourth-order valence-electron chi connectivity index (χ4n) is 3.02. The van der Waals surface area contributed by atoms with Crippen LogP contribution in [0, 0.1) is 5.92 Å². The van der Waals surface area contributed by atoms with E-state index in [0.29, 0.717) is 19.1 Å². The molecule has 1 heterocycles. The smallest absolute Gasteiger partial charge is 0.191 e. The number of rotatable bonds is 10. The standard InChI is InChI=1S/C23H31N5O.HI/c1-3-24-23(25-14-13-22-27-20-11-7-8-12-21(20)28-22)26-15-18(2)16-29-17-19-9-5-4-6-10-19;/h4-12,18H,3,13-17H2,1-2H3,(H,27,28)(H2,24,25,26);1H. The second-order valence-corrected chi connectivity index (χ2v) is 7.20. The third-order valence-electron chi connectivity index (χ3n) is 4.51. The molecule has 3 N–H and O–H groups in total. The van der Waals surface area contributed by atoms with Crippen LogP contribution in [-0.4, -0.2) is 42.2 Å². The monoisotopic (exact) mass is 521 g/mol. The van der Waals surface area contributed by atoms with Crippen LogP contribution < -0.4 is 10.6 Å². The van der Waals surface area contributed by atoms with Crippen molar-refractivity contribution < 1.29 is 4.74 Å². The summed E-state index contributed by atoms with van der Waals surface area (Å²) in [6, 6.07) is 18.3. The number of halogens is 1. The number of imidazole rings is 1. The number of aromatic nitrogens is 2. The number of para-hydroxylation sites is 2. The molecule has 1 aromatic heterocycles. The van der Waals surface area contributed by atoms with Crippen LogP contribution in [0.25, 0.3) is 11.0 Å². The van der Waals surface area contributed by atoms with Crippen LogP contribution in [0.2, 0.25) is 0 Å². The van der Waals surface area contributed by atoms with Crippen molar-refractivity contribution in [1.82, 2.24) is 20.6 Å². The highest BCUT2D eigenvalue weighted by Gasteiger charge is 2.05. The van der Waals surface area contributed by atoms with Gasteiger partial charge in [0.1, 0.15) is 5.82 Å². The minimum atomic E-state index is 0. The van der Waals surface area contributed by atoms with Crippen LogP contribution in [0.5, 0.6) is 0 Å². The Balaban J connectivity index is 0.00000320. The van der Waals surface area contributed by atoms with E-state index in [0.717, 1.165) is 48.9 Å². The quantitative estimate of drug-likeness (QED) is 0.213. The molecule has 3 rings (SSSR count). The summed E-state index contributed by atoms with van der Waals surface area (Å²) < 4.78 is 5.82. The molecule has 0 saturated carbocycles. The van der Waals surface area contributed by atoms with Crippen LogP contribution in [0.4, 0.5) is 0 Å². The fourth-order valence-corrected chi connectivity index (χ4v) is 3.02. The van der Waals surface area contributed by atoms with Crippen molar-refractivity contribution in [1.29, 1.82) is 0 Å². The minimum Gasteiger partial charge on any atom is -0.376 e. The van der Waals surface area contributed by atoms with Gasteiger partial charge in [0.25, 0.3) is 0 Å². The number of ether oxygens (including phenoxy) is 1. The molecule has 2 aromatic carbocycles. The normalized spacial score (nSPS) is 12.4. The summed E-state index contributed by atoms with van der Waals surface area (Å²) in [4.78, 5) is 12.7. The third kappa shape index (κ3) is 7.95. The SMILES string of the molecule is CCNC(=NCC(C)COCc1ccccc1)NCCc1nc2ccccc2[nH]1.I. The molecule has 0 bridgehead atoms. The van der Waals surface area contributed by atoms with Gasteiger partial charge in [-0.15, -0.1) is 24.0 Å². The largest absolute Gasteiger partial charge is 0.376 e. The lowest BCUT2D eigenvalue weighted by atomic mass is 10.2. The zero-order valence-electron chi connectivity index (χ0n) is 17.7. The maximum absolute atomic E-state index is 5.82. The van der Waals surface area contributed by atoms with E-state index in [1.165, 1.54) is 5.56 Å². The molecular formula is C23H32IN5O. The van der Waals surface area contributed by atoms with Gasteiger partial charge < -0.3 is 20.4 Å². The number of H-pyrrole nitrogens is 1. The maximum Gasteiger partial charge on any atom is 0.191 e. The van der Waals surface area contributed by atoms with E-state index in [1.807, 2.05) is 42.5 Å². The lowest BCUT2D eigenvalue weighted by molar-refractivity contribution is 0.0945. The molecule has 3 aromatic rings. The highest BCUT2D eigenvalue weighted by atomic mass is 127. The summed E-state index contributed by atoms with van der Waals surface area (Å²) in [5, 5.41) is 6.69. The highest BCUT2D eigenvalue weighted by Crippen LogP contribution is 2.10. The van der Waals surface area contributed by atoms with Crippen molar-refractivity contribution in [3.05, 3.63) is 66.0 Å². The molecule has 0 fully saturated rings. The molecule has 0 amide bonds. The van der Waals surface area contributed by atoms with Crippen LogP contribution in [0.1, 0.15) is 25.2 Å². The maximum atomic E-state index is 5.82. The van der Waals surface area contributed by atoms with Crippen molar-refractivity contribution in [3.63, 3.8) is 0 Å². The van der Waals surface area contributed by atoms with Gasteiger partial charge in [0, 0.05) is 26.1 Å². The second kappa shape index (κ2) is 13.2. The molecule has 1 unspecified atom stereocenters. The number of aliphatic imine (C=N–C) groups is 1. The van der Waals surface area contributed by atoms with Gasteiger partial charge >= 0.3 is 0 Å². The first-order chi connectivity index (χ1) is 14.2. The van der Waals surface area contributed by atoms with E-state index in [4.69, 9.17) is 9.73 Å². The molecule has 0 aliphatic rings. The summed E-state index contributed by atoms with van der Waals surface area (Å²) >= 11 is 0. The lowest BCUT2D eigenvalue weighted by Gasteiger charge is -2.13. The molecule has 0 radical (unpaired) electrons. The molecule has 0 spiro atoms. The predicted octanol–water partition coefficient (Wildman–Crippen LogP) is 4.13. The average molecular weight is 521 g/mol. The van der Waals surface area contributed by atoms with Crippen molar-refractivity contribution >= 4 is 41.0 Å². The molecular weight excluding hydrogens is 489 g/mol. The highest BCUT2D eigenvalue weighted by molar-refractivity contribution is 14.0. The minimum absolute atomic E-state index is 0. The number of hydrogen-bond acceptors (Lipinski definition) is 3. The molecule has 7 heteroatoms. The van der Waals surface area contributed by atoms with E-state index in [-0.39, 0.29) is 24.0 Å². The van der Waals surface area contributed by atoms with Gasteiger partial charge in [0.05, 0.1) is 24.2 Å². The van der Waals surface area contributed by atoms with Crippen LogP contribution in [0.15, 0.2) is 59.6 Å². The van der Waals surface area contributed by atoms with Crippen molar-refractivity contribution in [3.8, 4) is 0 Å². The Morgan fingerprint density at radius 1 is 1.10 bits per heavy atom. The Kier molecular flexibility index (Phi) is 10.6. The Morgan fingerprint density at radius 2 is 1.87 bits per heavy atom. The van der Waals surface area contributed by atoms with E-state index in [2.05, 4.69) is 46.6 Å². The number of aromatic amines is 1. The third-order valence-corrected chi connectivity index (χ3v) is 4.51. The van der Waals surface area contributed by atoms with E-state index < -0.39 is 0 Å². The van der Waals surface area contributed by atoms with Gasteiger partial charge in [-0.2, -0.15) is 0 Å². The van der Waals surface area contributed by atoms with Gasteiger partial charge in [-0.3, -0.25) is 4.99 Å². The predicted molar refractivity (Wildman–Crippen MR) is 134 cm³/mol. The summed E-state index contributed by atoms with van der Waals surface area (Å²) in [5.41, 5.74) is 3.28. The lowest BCUT2D eigenvalue weighted by Crippen LogP contribution is -2.38. The van der Waals surface area contributed by atoms with Crippen LogP contribution >= 0.6 is 24.0 Å². The Hall–Kier alpha value is -2.13. The Morgan fingerprint density at radius 3 is 2.63 bits per heavy atom. The van der Waals surface area contributed by atoms with Gasteiger partial charge in [-0.05, 0) is 30.5 Å². The Labute approximate surface area is 196 Å². The van der Waals surface area contributed by atoms with E-state index >= 15 is 0 Å². The average Bonchev–Trinajstić information content (AvgIpc) is 3.15. The number of hydrogen-bond donors (Lipinski definition) is 3. The van der Waals surface area contributed by atoms with Gasteiger partial charge in [0.2, 0.25) is 0 Å². The van der Waals surface area contributed by atoms with E-state index in [9.17, 15) is 0 Å². The molecule has 6 nitrogen and oxygen atoms in total.